The van der Waals surface area contributed by atoms with E-state index in [1.165, 1.54) is 12.4 Å². The summed E-state index contributed by atoms with van der Waals surface area (Å²) in [6.07, 6.45) is 1.33. The second kappa shape index (κ2) is 3.99. The third-order valence-corrected chi connectivity index (χ3v) is 0.988. The summed E-state index contributed by atoms with van der Waals surface area (Å²) in [5.41, 5.74) is 2.33. The van der Waals surface area contributed by atoms with Crippen LogP contribution in [0.25, 0.3) is 0 Å². The Morgan fingerprint density at radius 2 is 2.20 bits per heavy atom. The molecule has 1 aromatic heterocycles. The van der Waals surface area contributed by atoms with Crippen molar-refractivity contribution < 1.29 is 5.48 Å². The lowest BCUT2D eigenvalue weighted by Crippen LogP contribution is -2.08. The Labute approximate surface area is 62.5 Å². The third kappa shape index (κ3) is 2.14. The second-order valence-electron chi connectivity index (χ2n) is 1.37. The van der Waals surface area contributed by atoms with Crippen LogP contribution in [0.4, 0.5) is 5.82 Å². The van der Waals surface area contributed by atoms with Crippen molar-refractivity contribution in [1.82, 2.24) is 9.97 Å². The third-order valence-electron chi connectivity index (χ3n) is 0.782. The van der Waals surface area contributed by atoms with Crippen LogP contribution >= 0.6 is 11.6 Å². The molecule has 1 aromatic rings. The molecule has 0 amide bonds. The maximum absolute atomic E-state index is 5.48. The highest BCUT2D eigenvalue weighted by Gasteiger charge is 1.89. The van der Waals surface area contributed by atoms with E-state index in [2.05, 4.69) is 15.4 Å². The van der Waals surface area contributed by atoms with E-state index in [0.717, 1.165) is 0 Å². The van der Waals surface area contributed by atoms with Crippen LogP contribution in [0.15, 0.2) is 12.4 Å². The molecule has 0 fully saturated rings. The minimum atomic E-state index is 0. The molecule has 1 heterocycles. The highest BCUT2D eigenvalue weighted by molar-refractivity contribution is 6.29. The Morgan fingerprint density at radius 1 is 1.50 bits per heavy atom. The van der Waals surface area contributed by atoms with Gasteiger partial charge in [0.1, 0.15) is 17.3 Å². The van der Waals surface area contributed by atoms with Crippen LogP contribution in [-0.2, 0) is 0 Å². The number of rotatable bonds is 1. The topological polar surface area (TPSA) is 95.3 Å². The first kappa shape index (κ1) is 9.09. The Hall–Kier alpha value is -0.910. The number of nitrogens with two attached hydrogens (primary N) is 1. The number of nitrogens with zero attached hydrogens (tertiary/aromatic N) is 2. The summed E-state index contributed by atoms with van der Waals surface area (Å²) >= 11 is 5.48. The maximum atomic E-state index is 5.48. The van der Waals surface area contributed by atoms with Crippen molar-refractivity contribution in [2.75, 3.05) is 5.43 Å². The summed E-state index contributed by atoms with van der Waals surface area (Å²) in [5, 5.41) is 0.373. The number of nitrogen functional groups attached to an aromatic ring is 1. The minimum absolute atomic E-state index is 0. The number of nitrogens with one attached hydrogen (secondary N) is 1. The predicted octanol–water partition coefficient (Wildman–Crippen LogP) is -0.409. The first-order valence-electron chi connectivity index (χ1n) is 2.27. The van der Waals surface area contributed by atoms with E-state index in [1.54, 1.807) is 0 Å². The van der Waals surface area contributed by atoms with Crippen LogP contribution in [0.1, 0.15) is 0 Å². The van der Waals surface area contributed by atoms with Gasteiger partial charge in [-0.05, 0) is 0 Å². The molecule has 6 heteroatoms. The van der Waals surface area contributed by atoms with Gasteiger partial charge < -0.3 is 10.9 Å². The molecule has 0 aliphatic rings. The zero-order valence-electron chi connectivity index (χ0n) is 5.00. The van der Waals surface area contributed by atoms with Gasteiger partial charge in [0.15, 0.2) is 0 Å². The van der Waals surface area contributed by atoms with Gasteiger partial charge in [0.2, 0.25) is 0 Å². The van der Waals surface area contributed by atoms with E-state index in [0.29, 0.717) is 11.0 Å². The zero-order chi connectivity index (χ0) is 6.69. The van der Waals surface area contributed by atoms with Gasteiger partial charge in [-0.15, -0.1) is 0 Å². The van der Waals surface area contributed by atoms with E-state index in [1.807, 2.05) is 0 Å². The van der Waals surface area contributed by atoms with Gasteiger partial charge in [-0.25, -0.2) is 15.8 Å². The van der Waals surface area contributed by atoms with Crippen molar-refractivity contribution in [2.24, 2.45) is 5.84 Å². The average Bonchev–Trinajstić information content (AvgIpc) is 1.88. The lowest BCUT2D eigenvalue weighted by atomic mass is 10.6. The first-order chi connectivity index (χ1) is 4.33. The largest absolute Gasteiger partial charge is 0.412 e. The van der Waals surface area contributed by atoms with Crippen LogP contribution < -0.4 is 11.3 Å². The molecule has 0 aliphatic carbocycles. The molecule has 0 radical (unpaired) electrons. The number of hydrogen-bond acceptors (Lipinski definition) is 4. The molecular weight excluding hydrogens is 156 g/mol. The molecule has 0 aliphatic heterocycles. The van der Waals surface area contributed by atoms with Crippen LogP contribution in [0.2, 0.25) is 5.15 Å². The van der Waals surface area contributed by atoms with Crippen molar-refractivity contribution in [3.8, 4) is 0 Å². The lowest BCUT2D eigenvalue weighted by Gasteiger charge is -1.94. The molecule has 0 saturated heterocycles. The first-order valence-corrected chi connectivity index (χ1v) is 2.65. The second-order valence-corrected chi connectivity index (χ2v) is 1.76. The monoisotopic (exact) mass is 162 g/mol. The number of hydrazine groups is 1. The van der Waals surface area contributed by atoms with Gasteiger partial charge in [0.25, 0.3) is 0 Å². The smallest absolute Gasteiger partial charge is 0.144 e. The molecule has 0 bridgehead atoms. The van der Waals surface area contributed by atoms with Crippen molar-refractivity contribution in [3.63, 3.8) is 0 Å². The summed E-state index contributed by atoms with van der Waals surface area (Å²) in [6.45, 7) is 0. The Kier molecular flexibility index (Phi) is 3.63. The lowest BCUT2D eigenvalue weighted by molar-refractivity contribution is 0.824. The fraction of sp³-hybridized carbons (Fsp3) is 0. The van der Waals surface area contributed by atoms with Gasteiger partial charge in [0, 0.05) is 6.07 Å². The highest BCUT2D eigenvalue weighted by Crippen LogP contribution is 2.05. The highest BCUT2D eigenvalue weighted by atomic mass is 35.5. The fourth-order valence-corrected chi connectivity index (χ4v) is 0.560. The molecule has 1 rings (SSSR count). The van der Waals surface area contributed by atoms with Crippen molar-refractivity contribution in [1.29, 1.82) is 0 Å². The fourth-order valence-electron chi connectivity index (χ4n) is 0.413. The number of anilines is 1. The zero-order valence-corrected chi connectivity index (χ0v) is 5.76. The molecule has 56 valence electrons. The summed E-state index contributed by atoms with van der Waals surface area (Å²) in [7, 11) is 0. The SMILES string of the molecule is NNc1cc(Cl)ncn1.O. The summed E-state index contributed by atoms with van der Waals surface area (Å²) in [4.78, 5) is 7.37. The van der Waals surface area contributed by atoms with Gasteiger partial charge in [-0.1, -0.05) is 11.6 Å². The number of halogens is 1. The van der Waals surface area contributed by atoms with E-state index in [9.17, 15) is 0 Å². The molecule has 5 nitrogen and oxygen atoms in total. The maximum Gasteiger partial charge on any atom is 0.144 e. The Balaban J connectivity index is 0.000000810. The summed E-state index contributed by atoms with van der Waals surface area (Å²) < 4.78 is 0. The molecule has 5 N–H and O–H groups in total. The van der Waals surface area contributed by atoms with Gasteiger partial charge in [-0.2, -0.15) is 0 Å². The molecule has 0 unspecified atom stereocenters. The Bertz CT molecular complexity index is 206. The van der Waals surface area contributed by atoms with E-state index >= 15 is 0 Å². The van der Waals surface area contributed by atoms with E-state index in [-0.39, 0.29) is 5.48 Å². The van der Waals surface area contributed by atoms with E-state index < -0.39 is 0 Å². The summed E-state index contributed by atoms with van der Waals surface area (Å²) in [5.74, 6) is 5.53. The molecular formula is C4H7ClN4O. The predicted molar refractivity (Wildman–Crippen MR) is 38.5 cm³/mol. The molecule has 10 heavy (non-hydrogen) atoms. The van der Waals surface area contributed by atoms with Crippen LogP contribution in [0, 0.1) is 0 Å². The molecule has 0 saturated carbocycles. The van der Waals surface area contributed by atoms with Gasteiger partial charge >= 0.3 is 0 Å². The summed E-state index contributed by atoms with van der Waals surface area (Å²) in [6, 6.07) is 1.53. The van der Waals surface area contributed by atoms with Crippen LogP contribution in [0.3, 0.4) is 0 Å². The molecule has 0 spiro atoms. The minimum Gasteiger partial charge on any atom is -0.412 e. The number of aromatic nitrogens is 2. The van der Waals surface area contributed by atoms with Gasteiger partial charge in [0.05, 0.1) is 0 Å². The molecule has 0 aromatic carbocycles. The number of hydrogen-bond donors (Lipinski definition) is 2. The van der Waals surface area contributed by atoms with Crippen molar-refractivity contribution >= 4 is 17.4 Å². The standard InChI is InChI=1S/C4H5ClN4.H2O/c5-3-1-4(9-6)8-2-7-3;/h1-2H,6H2,(H,7,8,9);1H2. The normalized spacial score (nSPS) is 8.20. The average molecular weight is 163 g/mol. The van der Waals surface area contributed by atoms with Crippen molar-refractivity contribution in [2.45, 2.75) is 0 Å². The molecule has 0 atom stereocenters. The quantitative estimate of drug-likeness (QED) is 0.333. The van der Waals surface area contributed by atoms with Crippen LogP contribution in [0.5, 0.6) is 0 Å². The van der Waals surface area contributed by atoms with E-state index in [4.69, 9.17) is 17.4 Å². The Morgan fingerprint density at radius 3 is 2.60 bits per heavy atom. The van der Waals surface area contributed by atoms with Crippen molar-refractivity contribution in [3.05, 3.63) is 17.5 Å². The van der Waals surface area contributed by atoms with Gasteiger partial charge in [-0.3, -0.25) is 0 Å². The van der Waals surface area contributed by atoms with Crippen LogP contribution in [-0.4, -0.2) is 15.4 Å².